The molecule has 1 aromatic carbocycles. The minimum absolute atomic E-state index is 0.163. The first-order chi connectivity index (χ1) is 10.5. The molecule has 1 rings (SSSR count). The molecular formula is C16H26N2O4. The smallest absolute Gasteiger partial charge is 0.255 e. The van der Waals surface area contributed by atoms with Crippen LogP contribution in [0.25, 0.3) is 0 Å². The van der Waals surface area contributed by atoms with Crippen molar-refractivity contribution < 1.29 is 19.0 Å². The lowest BCUT2D eigenvalue weighted by Gasteiger charge is -2.12. The van der Waals surface area contributed by atoms with E-state index in [0.29, 0.717) is 11.5 Å². The molecule has 0 fully saturated rings. The SMILES string of the molecule is COc1cc(CNCCCOC(C)C)ccc1OCC(N)=O. The Labute approximate surface area is 131 Å². The fraction of sp³-hybridized carbons (Fsp3) is 0.562. The highest BCUT2D eigenvalue weighted by molar-refractivity contribution is 5.75. The van der Waals surface area contributed by atoms with Crippen molar-refractivity contribution in [3.05, 3.63) is 23.8 Å². The van der Waals surface area contributed by atoms with Gasteiger partial charge in [-0.05, 0) is 44.5 Å². The van der Waals surface area contributed by atoms with Gasteiger partial charge in [-0.1, -0.05) is 6.07 Å². The van der Waals surface area contributed by atoms with Crippen molar-refractivity contribution in [3.63, 3.8) is 0 Å². The van der Waals surface area contributed by atoms with Crippen LogP contribution in [0.1, 0.15) is 25.8 Å². The van der Waals surface area contributed by atoms with Crippen molar-refractivity contribution in [1.82, 2.24) is 5.32 Å². The van der Waals surface area contributed by atoms with Crippen LogP contribution in [0.4, 0.5) is 0 Å². The third-order valence-corrected chi connectivity index (χ3v) is 2.88. The second kappa shape index (κ2) is 10.0. The van der Waals surface area contributed by atoms with Gasteiger partial charge in [0, 0.05) is 13.2 Å². The molecule has 0 unspecified atom stereocenters. The number of ether oxygens (including phenoxy) is 3. The maximum Gasteiger partial charge on any atom is 0.255 e. The van der Waals surface area contributed by atoms with E-state index in [0.717, 1.165) is 31.7 Å². The number of rotatable bonds is 11. The van der Waals surface area contributed by atoms with E-state index in [2.05, 4.69) is 5.32 Å². The van der Waals surface area contributed by atoms with Crippen LogP contribution in [-0.4, -0.2) is 38.9 Å². The van der Waals surface area contributed by atoms with Crippen molar-refractivity contribution in [2.24, 2.45) is 5.73 Å². The summed E-state index contributed by atoms with van der Waals surface area (Å²) in [6, 6.07) is 5.59. The number of amides is 1. The maximum absolute atomic E-state index is 10.7. The van der Waals surface area contributed by atoms with Gasteiger partial charge in [0.25, 0.3) is 5.91 Å². The molecule has 0 aliphatic rings. The van der Waals surface area contributed by atoms with Crippen LogP contribution in [0.5, 0.6) is 11.5 Å². The topological polar surface area (TPSA) is 82.8 Å². The highest BCUT2D eigenvalue weighted by Gasteiger charge is 2.07. The molecule has 6 heteroatoms. The van der Waals surface area contributed by atoms with Gasteiger partial charge < -0.3 is 25.3 Å². The molecule has 0 saturated carbocycles. The Morgan fingerprint density at radius 2 is 2.09 bits per heavy atom. The van der Waals surface area contributed by atoms with E-state index in [-0.39, 0.29) is 12.7 Å². The normalized spacial score (nSPS) is 10.7. The van der Waals surface area contributed by atoms with Gasteiger partial charge in [-0.3, -0.25) is 4.79 Å². The molecule has 0 aliphatic heterocycles. The molecule has 22 heavy (non-hydrogen) atoms. The summed E-state index contributed by atoms with van der Waals surface area (Å²) in [4.78, 5) is 10.7. The molecule has 0 spiro atoms. The Morgan fingerprint density at radius 1 is 1.32 bits per heavy atom. The summed E-state index contributed by atoms with van der Waals surface area (Å²) in [6.07, 6.45) is 1.24. The highest BCUT2D eigenvalue weighted by Crippen LogP contribution is 2.27. The average molecular weight is 310 g/mol. The number of hydrogen-bond acceptors (Lipinski definition) is 5. The predicted octanol–water partition coefficient (Wildman–Crippen LogP) is 1.46. The van der Waals surface area contributed by atoms with Crippen molar-refractivity contribution in [1.29, 1.82) is 0 Å². The summed E-state index contributed by atoms with van der Waals surface area (Å²) >= 11 is 0. The van der Waals surface area contributed by atoms with Crippen molar-refractivity contribution >= 4 is 5.91 Å². The molecule has 3 N–H and O–H groups in total. The Balaban J connectivity index is 2.39. The number of hydrogen-bond donors (Lipinski definition) is 2. The molecule has 6 nitrogen and oxygen atoms in total. The third-order valence-electron chi connectivity index (χ3n) is 2.88. The fourth-order valence-electron chi connectivity index (χ4n) is 1.84. The van der Waals surface area contributed by atoms with E-state index < -0.39 is 5.91 Å². The van der Waals surface area contributed by atoms with Gasteiger partial charge >= 0.3 is 0 Å². The predicted molar refractivity (Wildman–Crippen MR) is 85.1 cm³/mol. The van der Waals surface area contributed by atoms with Crippen LogP contribution < -0.4 is 20.5 Å². The fourth-order valence-corrected chi connectivity index (χ4v) is 1.84. The van der Waals surface area contributed by atoms with Crippen LogP contribution in [0.3, 0.4) is 0 Å². The van der Waals surface area contributed by atoms with Crippen molar-refractivity contribution in [2.75, 3.05) is 26.9 Å². The Hall–Kier alpha value is -1.79. The largest absolute Gasteiger partial charge is 0.493 e. The van der Waals surface area contributed by atoms with E-state index in [1.165, 1.54) is 0 Å². The molecule has 0 aliphatic carbocycles. The summed E-state index contributed by atoms with van der Waals surface area (Å²) in [5.74, 6) is 0.579. The summed E-state index contributed by atoms with van der Waals surface area (Å²) in [7, 11) is 1.56. The number of methoxy groups -OCH3 is 1. The van der Waals surface area contributed by atoms with Gasteiger partial charge in [-0.2, -0.15) is 0 Å². The Bertz CT molecular complexity index is 463. The second-order valence-electron chi connectivity index (χ2n) is 5.19. The van der Waals surface area contributed by atoms with Gasteiger partial charge in [0.1, 0.15) is 0 Å². The summed E-state index contributed by atoms with van der Waals surface area (Å²) < 4.78 is 16.0. The quantitative estimate of drug-likeness (QED) is 0.605. The van der Waals surface area contributed by atoms with Crippen molar-refractivity contribution in [3.8, 4) is 11.5 Å². The van der Waals surface area contributed by atoms with Crippen molar-refractivity contribution in [2.45, 2.75) is 32.9 Å². The summed E-state index contributed by atoms with van der Waals surface area (Å²) in [6.45, 7) is 6.27. The number of carbonyl (C=O) groups excluding carboxylic acids is 1. The second-order valence-corrected chi connectivity index (χ2v) is 5.19. The summed E-state index contributed by atoms with van der Waals surface area (Å²) in [5.41, 5.74) is 6.14. The van der Waals surface area contributed by atoms with Crippen LogP contribution in [0.2, 0.25) is 0 Å². The van der Waals surface area contributed by atoms with E-state index in [4.69, 9.17) is 19.9 Å². The van der Waals surface area contributed by atoms with E-state index in [9.17, 15) is 4.79 Å². The molecule has 0 saturated heterocycles. The maximum atomic E-state index is 10.7. The lowest BCUT2D eigenvalue weighted by molar-refractivity contribution is -0.119. The van der Waals surface area contributed by atoms with Crippen LogP contribution >= 0.6 is 0 Å². The number of primary amides is 1. The Kier molecular flexibility index (Phi) is 8.32. The van der Waals surface area contributed by atoms with Crippen LogP contribution in [0, 0.1) is 0 Å². The van der Waals surface area contributed by atoms with Gasteiger partial charge in [-0.25, -0.2) is 0 Å². The molecule has 0 radical (unpaired) electrons. The first kappa shape index (κ1) is 18.3. The number of carbonyl (C=O) groups is 1. The molecule has 0 bridgehead atoms. The average Bonchev–Trinajstić information content (AvgIpc) is 2.48. The zero-order chi connectivity index (χ0) is 16.4. The molecular weight excluding hydrogens is 284 g/mol. The summed E-state index contributed by atoms with van der Waals surface area (Å²) in [5, 5.41) is 3.35. The van der Waals surface area contributed by atoms with E-state index in [1.807, 2.05) is 26.0 Å². The monoisotopic (exact) mass is 310 g/mol. The highest BCUT2D eigenvalue weighted by atomic mass is 16.5. The lowest BCUT2D eigenvalue weighted by atomic mass is 10.2. The van der Waals surface area contributed by atoms with Gasteiger partial charge in [-0.15, -0.1) is 0 Å². The molecule has 0 heterocycles. The minimum Gasteiger partial charge on any atom is -0.493 e. The number of nitrogens with one attached hydrogen (secondary N) is 1. The van der Waals surface area contributed by atoms with Gasteiger partial charge in [0.2, 0.25) is 0 Å². The zero-order valence-electron chi connectivity index (χ0n) is 13.6. The zero-order valence-corrected chi connectivity index (χ0v) is 13.6. The molecule has 1 aromatic rings. The number of nitrogens with two attached hydrogens (primary N) is 1. The van der Waals surface area contributed by atoms with Crippen LogP contribution in [-0.2, 0) is 16.1 Å². The van der Waals surface area contributed by atoms with Gasteiger partial charge in [0.05, 0.1) is 13.2 Å². The minimum atomic E-state index is -0.517. The molecule has 124 valence electrons. The first-order valence-corrected chi connectivity index (χ1v) is 7.43. The van der Waals surface area contributed by atoms with E-state index in [1.54, 1.807) is 13.2 Å². The van der Waals surface area contributed by atoms with Gasteiger partial charge in [0.15, 0.2) is 18.1 Å². The van der Waals surface area contributed by atoms with E-state index >= 15 is 0 Å². The molecule has 0 atom stereocenters. The third kappa shape index (κ3) is 7.28. The van der Waals surface area contributed by atoms with Crippen LogP contribution in [0.15, 0.2) is 18.2 Å². The number of benzene rings is 1. The molecule has 0 aromatic heterocycles. The lowest BCUT2D eigenvalue weighted by Crippen LogP contribution is -2.20. The Morgan fingerprint density at radius 3 is 2.73 bits per heavy atom. The first-order valence-electron chi connectivity index (χ1n) is 7.43. The molecule has 1 amide bonds. The standard InChI is InChI=1S/C16H26N2O4/c1-12(2)21-8-4-7-18-10-13-5-6-14(15(9-13)20-3)22-11-16(17)19/h5-6,9,12,18H,4,7-8,10-11H2,1-3H3,(H2,17,19).